The molecule has 154 valence electrons. The lowest BCUT2D eigenvalue weighted by molar-refractivity contribution is 0.0888. The summed E-state index contributed by atoms with van der Waals surface area (Å²) in [7, 11) is -1.95. The van der Waals surface area contributed by atoms with Gasteiger partial charge in [0.25, 0.3) is 0 Å². The number of primary sulfonamides is 1. The fourth-order valence-corrected chi connectivity index (χ4v) is 3.06. The standard InChI is InChI=1S/C17H28N4O4S.HI/c1-19-17(20-8-2-9-24-12-15-7-10-25-13-15)21-11-14-3-5-16(6-4-14)26(18,22)23;/h3-6,15H,2,7-13H2,1H3,(H2,18,22,23)(H2,19,20,21);1H. The van der Waals surface area contributed by atoms with Crippen molar-refractivity contribution >= 4 is 40.0 Å². The first-order chi connectivity index (χ1) is 12.5. The van der Waals surface area contributed by atoms with Gasteiger partial charge in [-0.15, -0.1) is 24.0 Å². The van der Waals surface area contributed by atoms with E-state index in [0.717, 1.165) is 44.8 Å². The molecule has 0 spiro atoms. The van der Waals surface area contributed by atoms with Gasteiger partial charge >= 0.3 is 0 Å². The molecule has 0 aliphatic carbocycles. The van der Waals surface area contributed by atoms with E-state index in [2.05, 4.69) is 15.6 Å². The average molecular weight is 512 g/mol. The number of ether oxygens (including phenoxy) is 2. The first-order valence-electron chi connectivity index (χ1n) is 8.71. The van der Waals surface area contributed by atoms with Gasteiger partial charge in [0.05, 0.1) is 18.1 Å². The fourth-order valence-electron chi connectivity index (χ4n) is 2.55. The first-order valence-corrected chi connectivity index (χ1v) is 10.3. The molecule has 1 aliphatic heterocycles. The Morgan fingerprint density at radius 2 is 2.07 bits per heavy atom. The van der Waals surface area contributed by atoms with Crippen molar-refractivity contribution in [2.24, 2.45) is 16.0 Å². The number of rotatable bonds is 9. The van der Waals surface area contributed by atoms with E-state index < -0.39 is 10.0 Å². The highest BCUT2D eigenvalue weighted by Gasteiger charge is 2.15. The summed E-state index contributed by atoms with van der Waals surface area (Å²) in [6, 6.07) is 6.44. The van der Waals surface area contributed by atoms with E-state index in [9.17, 15) is 8.42 Å². The molecule has 4 N–H and O–H groups in total. The van der Waals surface area contributed by atoms with Crippen LogP contribution in [0.1, 0.15) is 18.4 Å². The minimum atomic E-state index is -3.66. The fraction of sp³-hybridized carbons (Fsp3) is 0.588. The van der Waals surface area contributed by atoms with Crippen LogP contribution in [0, 0.1) is 5.92 Å². The van der Waals surface area contributed by atoms with E-state index in [1.807, 2.05) is 0 Å². The molecule has 0 radical (unpaired) electrons. The summed E-state index contributed by atoms with van der Waals surface area (Å²) in [5.41, 5.74) is 0.933. The topological polar surface area (TPSA) is 115 Å². The lowest BCUT2D eigenvalue weighted by atomic mass is 10.1. The normalized spacial score (nSPS) is 17.4. The lowest BCUT2D eigenvalue weighted by Gasteiger charge is -2.13. The van der Waals surface area contributed by atoms with Crippen LogP contribution in [0.15, 0.2) is 34.2 Å². The Hall–Kier alpha value is -0.950. The van der Waals surface area contributed by atoms with Crippen LogP contribution in [0.5, 0.6) is 0 Å². The van der Waals surface area contributed by atoms with E-state index in [-0.39, 0.29) is 28.9 Å². The molecule has 0 aromatic heterocycles. The number of nitrogens with zero attached hydrogens (tertiary/aromatic N) is 1. The Labute approximate surface area is 178 Å². The molecule has 0 bridgehead atoms. The van der Waals surface area contributed by atoms with Gasteiger partial charge in [-0.2, -0.15) is 0 Å². The summed E-state index contributed by atoms with van der Waals surface area (Å²) < 4.78 is 33.5. The molecule has 8 nitrogen and oxygen atoms in total. The Morgan fingerprint density at radius 1 is 1.33 bits per heavy atom. The third-order valence-corrected chi connectivity index (χ3v) is 5.00. The van der Waals surface area contributed by atoms with Gasteiger partial charge < -0.3 is 20.1 Å². The second-order valence-corrected chi connectivity index (χ2v) is 7.76. The molecule has 1 saturated heterocycles. The maximum absolute atomic E-state index is 11.2. The number of nitrogens with one attached hydrogen (secondary N) is 2. The number of benzene rings is 1. The van der Waals surface area contributed by atoms with E-state index in [1.54, 1.807) is 19.2 Å². The summed E-state index contributed by atoms with van der Waals surface area (Å²) in [4.78, 5) is 4.27. The van der Waals surface area contributed by atoms with Crippen molar-refractivity contribution in [2.75, 3.05) is 40.0 Å². The van der Waals surface area contributed by atoms with Crippen LogP contribution < -0.4 is 15.8 Å². The van der Waals surface area contributed by atoms with E-state index in [1.165, 1.54) is 12.1 Å². The lowest BCUT2D eigenvalue weighted by Crippen LogP contribution is -2.37. The molecule has 1 fully saturated rings. The second kappa shape index (κ2) is 12.5. The average Bonchev–Trinajstić information content (AvgIpc) is 3.13. The third-order valence-electron chi connectivity index (χ3n) is 4.07. The number of aliphatic imine (C=N–C) groups is 1. The predicted octanol–water partition coefficient (Wildman–Crippen LogP) is 1.06. The van der Waals surface area contributed by atoms with Gasteiger partial charge in [-0.25, -0.2) is 13.6 Å². The van der Waals surface area contributed by atoms with Crippen LogP contribution in [0.3, 0.4) is 0 Å². The van der Waals surface area contributed by atoms with Gasteiger partial charge in [0.1, 0.15) is 0 Å². The zero-order chi connectivity index (χ0) is 18.8. The molecule has 0 saturated carbocycles. The molecule has 2 rings (SSSR count). The van der Waals surface area contributed by atoms with Crippen LogP contribution in [0.4, 0.5) is 0 Å². The molecule has 1 atom stereocenters. The van der Waals surface area contributed by atoms with E-state index >= 15 is 0 Å². The zero-order valence-corrected chi connectivity index (χ0v) is 18.7. The Kier molecular flexibility index (Phi) is 11.1. The Morgan fingerprint density at radius 3 is 2.67 bits per heavy atom. The second-order valence-electron chi connectivity index (χ2n) is 6.20. The number of guanidine groups is 1. The molecule has 27 heavy (non-hydrogen) atoms. The SMILES string of the molecule is CN=C(NCCCOCC1CCOC1)NCc1ccc(S(N)(=O)=O)cc1.I. The van der Waals surface area contributed by atoms with Gasteiger partial charge in [0, 0.05) is 39.3 Å². The van der Waals surface area contributed by atoms with Gasteiger partial charge in [-0.05, 0) is 30.5 Å². The van der Waals surface area contributed by atoms with Crippen molar-refractivity contribution in [3.63, 3.8) is 0 Å². The largest absolute Gasteiger partial charge is 0.381 e. The van der Waals surface area contributed by atoms with Crippen molar-refractivity contribution < 1.29 is 17.9 Å². The molecule has 1 unspecified atom stereocenters. The molecular formula is C17H29IN4O4S. The van der Waals surface area contributed by atoms with Crippen molar-refractivity contribution in [3.05, 3.63) is 29.8 Å². The maximum Gasteiger partial charge on any atom is 0.238 e. The van der Waals surface area contributed by atoms with Crippen molar-refractivity contribution in [2.45, 2.75) is 24.3 Å². The number of sulfonamides is 1. The van der Waals surface area contributed by atoms with E-state index in [0.29, 0.717) is 25.0 Å². The summed E-state index contributed by atoms with van der Waals surface area (Å²) in [6.07, 6.45) is 1.98. The smallest absolute Gasteiger partial charge is 0.238 e. The number of nitrogens with two attached hydrogens (primary N) is 1. The van der Waals surface area contributed by atoms with Crippen molar-refractivity contribution in [1.29, 1.82) is 0 Å². The van der Waals surface area contributed by atoms with Crippen LogP contribution >= 0.6 is 24.0 Å². The number of hydrogen-bond donors (Lipinski definition) is 3. The van der Waals surface area contributed by atoms with E-state index in [4.69, 9.17) is 14.6 Å². The third kappa shape index (κ3) is 9.19. The maximum atomic E-state index is 11.2. The molecular weight excluding hydrogens is 483 g/mol. The van der Waals surface area contributed by atoms with Gasteiger partial charge in [0.15, 0.2) is 5.96 Å². The monoisotopic (exact) mass is 512 g/mol. The summed E-state index contributed by atoms with van der Waals surface area (Å²) >= 11 is 0. The van der Waals surface area contributed by atoms with Crippen LogP contribution in [0.2, 0.25) is 0 Å². The van der Waals surface area contributed by atoms with Crippen molar-refractivity contribution in [1.82, 2.24) is 10.6 Å². The van der Waals surface area contributed by atoms with Crippen molar-refractivity contribution in [3.8, 4) is 0 Å². The van der Waals surface area contributed by atoms with Crippen LogP contribution in [-0.4, -0.2) is 54.4 Å². The summed E-state index contributed by atoms with van der Waals surface area (Å²) in [5.74, 6) is 1.22. The Bertz CT molecular complexity index is 677. The summed E-state index contributed by atoms with van der Waals surface area (Å²) in [5, 5.41) is 11.5. The molecule has 1 aliphatic rings. The Balaban J connectivity index is 0.00000364. The molecule has 0 amide bonds. The molecule has 1 aromatic carbocycles. The minimum absolute atomic E-state index is 0. The molecule has 10 heteroatoms. The summed E-state index contributed by atoms with van der Waals surface area (Å²) in [6.45, 7) is 4.42. The van der Waals surface area contributed by atoms with Gasteiger partial charge in [-0.1, -0.05) is 12.1 Å². The molecule has 1 aromatic rings. The highest BCUT2D eigenvalue weighted by atomic mass is 127. The number of hydrogen-bond acceptors (Lipinski definition) is 5. The van der Waals surface area contributed by atoms with Gasteiger partial charge in [0.2, 0.25) is 10.0 Å². The van der Waals surface area contributed by atoms with Crippen LogP contribution in [-0.2, 0) is 26.0 Å². The molecule has 1 heterocycles. The quantitative estimate of drug-likeness (QED) is 0.197. The van der Waals surface area contributed by atoms with Crippen LogP contribution in [0.25, 0.3) is 0 Å². The number of halogens is 1. The minimum Gasteiger partial charge on any atom is -0.381 e. The predicted molar refractivity (Wildman–Crippen MR) is 116 cm³/mol. The highest BCUT2D eigenvalue weighted by molar-refractivity contribution is 14.0. The van der Waals surface area contributed by atoms with Gasteiger partial charge in [-0.3, -0.25) is 4.99 Å². The first kappa shape index (κ1) is 24.1. The highest BCUT2D eigenvalue weighted by Crippen LogP contribution is 2.12. The zero-order valence-electron chi connectivity index (χ0n) is 15.5.